The molecular weight excluding hydrogens is 246 g/mol. The molecule has 1 aromatic heterocycles. The molecule has 4 heteroatoms. The van der Waals surface area contributed by atoms with Gasteiger partial charge in [-0.15, -0.1) is 0 Å². The number of hydrogen-bond acceptors (Lipinski definition) is 2. The second-order valence-electron chi connectivity index (χ2n) is 4.39. The number of aryl methyl sites for hydroxylation is 1. The molecule has 0 bridgehead atoms. The Morgan fingerprint density at radius 1 is 1.21 bits per heavy atom. The van der Waals surface area contributed by atoms with Gasteiger partial charge in [-0.05, 0) is 42.8 Å². The molecule has 0 amide bonds. The van der Waals surface area contributed by atoms with E-state index >= 15 is 0 Å². The van der Waals surface area contributed by atoms with Crippen LogP contribution in [0.2, 0.25) is 0 Å². The number of aromatic nitrogens is 1. The Kier molecular flexibility index (Phi) is 4.22. The van der Waals surface area contributed by atoms with Gasteiger partial charge in [0.25, 0.3) is 0 Å². The lowest BCUT2D eigenvalue weighted by molar-refractivity contribution is 0.552. The van der Waals surface area contributed by atoms with Crippen LogP contribution in [-0.2, 0) is 0 Å². The Balaban J connectivity index is 2.48. The minimum atomic E-state index is -0.364. The van der Waals surface area contributed by atoms with E-state index in [1.54, 1.807) is 18.3 Å². The van der Waals surface area contributed by atoms with Crippen LogP contribution in [0.4, 0.5) is 8.78 Å². The quantitative estimate of drug-likeness (QED) is 0.913. The third-order valence-corrected chi connectivity index (χ3v) is 3.07. The molecular formula is C15H16F2N2. The number of hydrogen-bond donors (Lipinski definition) is 1. The van der Waals surface area contributed by atoms with E-state index < -0.39 is 0 Å². The first-order chi connectivity index (χ1) is 9.13. The fraction of sp³-hybridized carbons (Fsp3) is 0.267. The van der Waals surface area contributed by atoms with Gasteiger partial charge in [0.2, 0.25) is 0 Å². The Bertz CT molecular complexity index is 570. The average molecular weight is 262 g/mol. The number of halogens is 2. The largest absolute Gasteiger partial charge is 0.306 e. The van der Waals surface area contributed by atoms with Crippen LogP contribution in [-0.4, -0.2) is 11.5 Å². The Labute approximate surface area is 111 Å². The smallest absolute Gasteiger partial charge is 0.146 e. The van der Waals surface area contributed by atoms with Crippen LogP contribution in [0.5, 0.6) is 0 Å². The average Bonchev–Trinajstić information content (AvgIpc) is 2.38. The molecule has 1 N–H and O–H groups in total. The van der Waals surface area contributed by atoms with Crippen molar-refractivity contribution in [3.63, 3.8) is 0 Å². The molecule has 1 heterocycles. The fourth-order valence-corrected chi connectivity index (χ4v) is 2.17. The summed E-state index contributed by atoms with van der Waals surface area (Å²) >= 11 is 0. The molecule has 0 radical (unpaired) electrons. The lowest BCUT2D eigenvalue weighted by atomic mass is 9.95. The molecule has 0 saturated heterocycles. The van der Waals surface area contributed by atoms with Crippen LogP contribution in [0.1, 0.15) is 29.7 Å². The van der Waals surface area contributed by atoms with Gasteiger partial charge in [0, 0.05) is 11.8 Å². The van der Waals surface area contributed by atoms with Crippen molar-refractivity contribution in [3.8, 4) is 0 Å². The highest BCUT2D eigenvalue weighted by Gasteiger charge is 2.18. The highest BCUT2D eigenvalue weighted by molar-refractivity contribution is 5.37. The molecule has 1 aromatic carbocycles. The monoisotopic (exact) mass is 262 g/mol. The third kappa shape index (κ3) is 2.96. The number of nitrogens with one attached hydrogen (secondary N) is 1. The van der Waals surface area contributed by atoms with Crippen LogP contribution in [0.15, 0.2) is 36.7 Å². The first-order valence-corrected chi connectivity index (χ1v) is 6.22. The van der Waals surface area contributed by atoms with E-state index in [0.29, 0.717) is 12.1 Å². The maximum Gasteiger partial charge on any atom is 0.146 e. The molecule has 1 unspecified atom stereocenters. The molecule has 1 atom stereocenters. The van der Waals surface area contributed by atoms with Crippen molar-refractivity contribution in [2.45, 2.75) is 19.9 Å². The van der Waals surface area contributed by atoms with E-state index in [-0.39, 0.29) is 17.7 Å². The van der Waals surface area contributed by atoms with Crippen molar-refractivity contribution in [1.29, 1.82) is 0 Å². The zero-order chi connectivity index (χ0) is 13.8. The van der Waals surface area contributed by atoms with Gasteiger partial charge >= 0.3 is 0 Å². The maximum absolute atomic E-state index is 13.9. The Hall–Kier alpha value is -1.81. The highest BCUT2D eigenvalue weighted by atomic mass is 19.1. The summed E-state index contributed by atoms with van der Waals surface area (Å²) in [5.41, 5.74) is 2.18. The third-order valence-electron chi connectivity index (χ3n) is 3.07. The van der Waals surface area contributed by atoms with E-state index in [4.69, 9.17) is 0 Å². The summed E-state index contributed by atoms with van der Waals surface area (Å²) in [5.74, 6) is -0.649. The molecule has 2 nitrogen and oxygen atoms in total. The second-order valence-corrected chi connectivity index (χ2v) is 4.39. The van der Waals surface area contributed by atoms with Gasteiger partial charge in [-0.2, -0.15) is 0 Å². The predicted octanol–water partition coefficient (Wildman–Crippen LogP) is 3.37. The molecule has 2 aromatic rings. The van der Waals surface area contributed by atoms with Crippen molar-refractivity contribution in [2.75, 3.05) is 6.54 Å². The second kappa shape index (κ2) is 5.89. The molecule has 0 aliphatic heterocycles. The summed E-state index contributed by atoms with van der Waals surface area (Å²) in [6, 6.07) is 5.89. The van der Waals surface area contributed by atoms with Crippen molar-refractivity contribution in [1.82, 2.24) is 10.3 Å². The Morgan fingerprint density at radius 2 is 2.00 bits per heavy atom. The first kappa shape index (κ1) is 13.6. The number of nitrogens with zero attached hydrogens (tertiary/aromatic N) is 1. The molecule has 100 valence electrons. The molecule has 19 heavy (non-hydrogen) atoms. The molecule has 2 rings (SSSR count). The fourth-order valence-electron chi connectivity index (χ4n) is 2.17. The summed E-state index contributed by atoms with van der Waals surface area (Å²) in [5, 5.41) is 3.23. The maximum atomic E-state index is 13.9. The summed E-state index contributed by atoms with van der Waals surface area (Å²) < 4.78 is 27.1. The van der Waals surface area contributed by atoms with Gasteiger partial charge in [-0.3, -0.25) is 4.98 Å². The van der Waals surface area contributed by atoms with Crippen molar-refractivity contribution < 1.29 is 8.78 Å². The summed E-state index contributed by atoms with van der Waals surface area (Å²) in [6.07, 6.45) is 2.75. The standard InChI is InChI=1S/C15H16F2N2/c1-3-19-15(13-6-7-18-9-14(13)17)12-5-4-11(16)8-10(12)2/h4-9,15,19H,3H2,1-2H3. The van der Waals surface area contributed by atoms with E-state index in [0.717, 1.165) is 11.1 Å². The predicted molar refractivity (Wildman–Crippen MR) is 70.9 cm³/mol. The van der Waals surface area contributed by atoms with Crippen LogP contribution in [0.3, 0.4) is 0 Å². The zero-order valence-electron chi connectivity index (χ0n) is 11.0. The highest BCUT2D eigenvalue weighted by Crippen LogP contribution is 2.26. The van der Waals surface area contributed by atoms with Gasteiger partial charge in [-0.25, -0.2) is 8.78 Å². The number of benzene rings is 1. The van der Waals surface area contributed by atoms with Gasteiger partial charge in [0.05, 0.1) is 12.2 Å². The normalized spacial score (nSPS) is 12.4. The molecule has 0 spiro atoms. The van der Waals surface area contributed by atoms with Gasteiger partial charge in [-0.1, -0.05) is 13.0 Å². The SMILES string of the molecule is CCNC(c1ccc(F)cc1C)c1ccncc1F. The van der Waals surface area contributed by atoms with Gasteiger partial charge in [0.1, 0.15) is 11.6 Å². The molecule has 0 aliphatic rings. The van der Waals surface area contributed by atoms with E-state index in [1.165, 1.54) is 18.3 Å². The van der Waals surface area contributed by atoms with Gasteiger partial charge < -0.3 is 5.32 Å². The summed E-state index contributed by atoms with van der Waals surface area (Å²) in [7, 11) is 0. The van der Waals surface area contributed by atoms with E-state index in [2.05, 4.69) is 10.3 Å². The molecule has 0 saturated carbocycles. The van der Waals surface area contributed by atoms with Crippen molar-refractivity contribution in [3.05, 3.63) is 65.0 Å². The summed E-state index contributed by atoms with van der Waals surface area (Å²) in [4.78, 5) is 3.75. The van der Waals surface area contributed by atoms with E-state index in [9.17, 15) is 8.78 Å². The topological polar surface area (TPSA) is 24.9 Å². The number of pyridine rings is 1. The number of rotatable bonds is 4. The van der Waals surface area contributed by atoms with E-state index in [1.807, 2.05) is 13.8 Å². The lowest BCUT2D eigenvalue weighted by Gasteiger charge is -2.21. The van der Waals surface area contributed by atoms with Crippen molar-refractivity contribution in [2.24, 2.45) is 0 Å². The van der Waals surface area contributed by atoms with Gasteiger partial charge in [0.15, 0.2) is 0 Å². The first-order valence-electron chi connectivity index (χ1n) is 6.22. The molecule has 0 aliphatic carbocycles. The Morgan fingerprint density at radius 3 is 2.63 bits per heavy atom. The lowest BCUT2D eigenvalue weighted by Crippen LogP contribution is -2.24. The van der Waals surface area contributed by atoms with Crippen molar-refractivity contribution >= 4 is 0 Å². The minimum Gasteiger partial charge on any atom is -0.306 e. The summed E-state index contributed by atoms with van der Waals surface area (Å²) in [6.45, 7) is 4.45. The zero-order valence-corrected chi connectivity index (χ0v) is 11.0. The van der Waals surface area contributed by atoms with Crippen LogP contribution in [0.25, 0.3) is 0 Å². The van der Waals surface area contributed by atoms with Crippen LogP contribution in [0, 0.1) is 18.6 Å². The van der Waals surface area contributed by atoms with Crippen LogP contribution >= 0.6 is 0 Å². The molecule has 0 fully saturated rings. The van der Waals surface area contributed by atoms with Crippen LogP contribution < -0.4 is 5.32 Å². The minimum absolute atomic E-state index is 0.285.